The van der Waals surface area contributed by atoms with Crippen LogP contribution >= 0.6 is 0 Å². The Morgan fingerprint density at radius 3 is 1.79 bits per heavy atom. The molecule has 458 valence electrons. The summed E-state index contributed by atoms with van der Waals surface area (Å²) in [5.74, 6) is -9.67. The number of benzene rings is 2. The van der Waals surface area contributed by atoms with Crippen LogP contribution < -0.4 is 48.7 Å². The Kier molecular flexibility index (Phi) is 24.7. The highest BCUT2D eigenvalue weighted by molar-refractivity contribution is 6.00. The summed E-state index contributed by atoms with van der Waals surface area (Å²) in [6.07, 6.45) is 3.70. The molecule has 10 amide bonds. The number of carboxylic acids is 1. The van der Waals surface area contributed by atoms with Crippen LogP contribution in [0.2, 0.25) is 0 Å². The smallest absolute Gasteiger partial charge is 0.326 e. The maximum Gasteiger partial charge on any atom is 0.326 e. The highest BCUT2D eigenvalue weighted by Crippen LogP contribution is 2.26. The average molecular weight is 1170 g/mol. The van der Waals surface area contributed by atoms with Gasteiger partial charge in [-0.2, -0.15) is 0 Å². The largest absolute Gasteiger partial charge is 0.508 e. The molecule has 2 saturated heterocycles. The number of hydrogen-bond acceptors (Lipinski definition) is 14. The molecule has 26 heteroatoms. The second-order valence-corrected chi connectivity index (χ2v) is 22.5. The molecule has 84 heavy (non-hydrogen) atoms. The van der Waals surface area contributed by atoms with E-state index >= 15 is 0 Å². The van der Waals surface area contributed by atoms with Crippen molar-refractivity contribution in [3.63, 3.8) is 0 Å². The van der Waals surface area contributed by atoms with Crippen molar-refractivity contribution in [1.29, 1.82) is 0 Å². The Morgan fingerprint density at radius 1 is 0.643 bits per heavy atom. The standard InChI is InChI=1S/C58H83N13O13/c1-8-33(6)48(69-49(74)39(59)24-31(2)3)55(80)68-47(32(4)5)54(79)66-41(27-37-29-61-30-62-37)50(75)63-34(7)56(81)71-23-13-17-45(71)57(82)70-22-12-16-44(70)53(78)65-42(28-46(60)73)52(77)64-40(25-35-14-10-9-11-15-35)51(76)67-43(58(83)84)26-36-18-20-38(72)21-19-36/h9-11,14-15,18-21,29-34,39-45,47-48,72H,8,12-13,16-17,22-28,59H2,1-7H3,(H2,60,73)(H,61,62)(H,63,75)(H,64,77)(H,65,78)(H,66,79)(H,67,76)(H,68,80)(H,69,74)(H,83,84)/t33-,34-,39-,40-,41-,42-,43-,44-,45-,47-,48-/m0/s1. The van der Waals surface area contributed by atoms with Crippen LogP contribution in [0.4, 0.5) is 0 Å². The molecule has 0 bridgehead atoms. The number of phenols is 1. The number of aromatic nitrogens is 2. The van der Waals surface area contributed by atoms with Crippen LogP contribution in [-0.4, -0.2) is 169 Å². The lowest BCUT2D eigenvalue weighted by Gasteiger charge is -2.33. The summed E-state index contributed by atoms with van der Waals surface area (Å²) in [5.41, 5.74) is 13.2. The molecule has 3 heterocycles. The Bertz CT molecular complexity index is 2780. The van der Waals surface area contributed by atoms with E-state index in [2.05, 4.69) is 47.2 Å². The number of aromatic hydroxyl groups is 1. The van der Waals surface area contributed by atoms with E-state index in [9.17, 15) is 63.0 Å². The number of likely N-dealkylation sites (tertiary alicyclic amines) is 2. The monoisotopic (exact) mass is 1170 g/mol. The first kappa shape index (κ1) is 66.4. The zero-order valence-electron chi connectivity index (χ0n) is 48.7. The van der Waals surface area contributed by atoms with Crippen LogP contribution in [0.1, 0.15) is 110 Å². The molecule has 0 aliphatic carbocycles. The van der Waals surface area contributed by atoms with Gasteiger partial charge in [-0.05, 0) is 80.0 Å². The Labute approximate surface area is 488 Å². The van der Waals surface area contributed by atoms with Crippen molar-refractivity contribution in [2.75, 3.05) is 13.1 Å². The van der Waals surface area contributed by atoms with Gasteiger partial charge in [0.1, 0.15) is 60.1 Å². The van der Waals surface area contributed by atoms with Crippen molar-refractivity contribution in [3.8, 4) is 5.75 Å². The van der Waals surface area contributed by atoms with E-state index in [0.29, 0.717) is 42.5 Å². The topological polar surface area (TPSA) is 400 Å². The summed E-state index contributed by atoms with van der Waals surface area (Å²) in [4.78, 5) is 161. The number of imidazole rings is 1. The molecule has 26 nitrogen and oxygen atoms in total. The molecule has 2 aliphatic rings. The van der Waals surface area contributed by atoms with Gasteiger partial charge in [-0.1, -0.05) is 90.4 Å². The zero-order valence-corrected chi connectivity index (χ0v) is 48.7. The summed E-state index contributed by atoms with van der Waals surface area (Å²) < 4.78 is 0. The Balaban J connectivity index is 1.26. The van der Waals surface area contributed by atoms with Crippen molar-refractivity contribution >= 4 is 65.0 Å². The maximum atomic E-state index is 14.5. The number of amides is 10. The number of nitrogens with one attached hydrogen (secondary N) is 8. The molecular formula is C58H83N13O13. The number of H-pyrrole nitrogens is 1. The number of carboxylic acid groups (broad SMARTS) is 1. The number of phenolic OH excluding ortho intramolecular Hbond substituents is 1. The molecule has 5 rings (SSSR count). The maximum absolute atomic E-state index is 14.5. The SMILES string of the molecule is CC[C@H](C)[C@H](NC(=O)[C@@H](N)CC(C)C)C(=O)N[C@H](C(=O)N[C@@H](Cc1cnc[nH]1)C(=O)N[C@@H](C)C(=O)N1CCC[C@H]1C(=O)N1CCC[C@H]1C(=O)N[C@@H](CC(N)=O)C(=O)N[C@@H](Cc1ccccc1)C(=O)N[C@@H](Cc1ccc(O)cc1)C(=O)O)C(C)C. The third-order valence-electron chi connectivity index (χ3n) is 15.0. The fourth-order valence-electron chi connectivity index (χ4n) is 10.2. The number of nitrogens with zero attached hydrogens (tertiary/aromatic N) is 3. The van der Waals surface area contributed by atoms with E-state index in [1.54, 1.807) is 51.1 Å². The molecular weight excluding hydrogens is 1090 g/mol. The lowest BCUT2D eigenvalue weighted by Crippen LogP contribution is -2.61. The van der Waals surface area contributed by atoms with Crippen molar-refractivity contribution in [1.82, 2.24) is 57.0 Å². The molecule has 2 aromatic carbocycles. The average Bonchev–Trinajstić information content (AvgIpc) is 4.41. The van der Waals surface area contributed by atoms with Gasteiger partial charge < -0.3 is 73.7 Å². The second-order valence-electron chi connectivity index (χ2n) is 22.5. The fourth-order valence-corrected chi connectivity index (χ4v) is 10.2. The van der Waals surface area contributed by atoms with Gasteiger partial charge in [0, 0.05) is 44.2 Å². The second kappa shape index (κ2) is 31.3. The van der Waals surface area contributed by atoms with Gasteiger partial charge in [-0.3, -0.25) is 47.9 Å². The summed E-state index contributed by atoms with van der Waals surface area (Å²) >= 11 is 0. The predicted octanol–water partition coefficient (Wildman–Crippen LogP) is -0.426. The normalized spacial score (nSPS) is 18.2. The molecule has 3 aromatic rings. The first-order chi connectivity index (χ1) is 39.8. The summed E-state index contributed by atoms with van der Waals surface area (Å²) in [7, 11) is 0. The lowest BCUT2D eigenvalue weighted by atomic mass is 9.95. The van der Waals surface area contributed by atoms with Crippen molar-refractivity contribution in [3.05, 3.63) is 83.9 Å². The molecule has 11 atom stereocenters. The van der Waals surface area contributed by atoms with E-state index in [1.807, 2.05) is 20.8 Å². The van der Waals surface area contributed by atoms with E-state index in [0.717, 1.165) is 0 Å². The van der Waals surface area contributed by atoms with E-state index in [1.165, 1.54) is 53.5 Å². The lowest BCUT2D eigenvalue weighted by molar-refractivity contribution is -0.148. The highest BCUT2D eigenvalue weighted by Gasteiger charge is 2.44. The van der Waals surface area contributed by atoms with Crippen LogP contribution in [0.25, 0.3) is 0 Å². The molecule has 2 aliphatic heterocycles. The number of primary amides is 1. The van der Waals surface area contributed by atoms with Crippen LogP contribution in [0.5, 0.6) is 5.75 Å². The van der Waals surface area contributed by atoms with Gasteiger partial charge in [0.05, 0.1) is 18.8 Å². The van der Waals surface area contributed by atoms with E-state index in [4.69, 9.17) is 11.5 Å². The van der Waals surface area contributed by atoms with Crippen molar-refractivity contribution < 1.29 is 63.0 Å². The van der Waals surface area contributed by atoms with Gasteiger partial charge >= 0.3 is 5.97 Å². The fraction of sp³-hybridized carbons (Fsp3) is 0.552. The summed E-state index contributed by atoms with van der Waals surface area (Å²) in [6.45, 7) is 12.5. The zero-order chi connectivity index (χ0) is 61.9. The number of aromatic amines is 1. The van der Waals surface area contributed by atoms with Gasteiger partial charge in [0.25, 0.3) is 0 Å². The summed E-state index contributed by atoms with van der Waals surface area (Å²) in [6, 6.07) is 1.78. The molecule has 2 fully saturated rings. The van der Waals surface area contributed by atoms with Crippen LogP contribution in [0.15, 0.2) is 67.1 Å². The van der Waals surface area contributed by atoms with Gasteiger partial charge in [0.15, 0.2) is 0 Å². The van der Waals surface area contributed by atoms with E-state index in [-0.39, 0.29) is 62.8 Å². The van der Waals surface area contributed by atoms with Crippen LogP contribution in [0, 0.1) is 17.8 Å². The van der Waals surface area contributed by atoms with Crippen molar-refractivity contribution in [2.45, 2.75) is 173 Å². The quantitative estimate of drug-likeness (QED) is 0.0403. The first-order valence-electron chi connectivity index (χ1n) is 28.6. The molecule has 0 saturated carbocycles. The minimum atomic E-state index is -1.66. The molecule has 14 N–H and O–H groups in total. The van der Waals surface area contributed by atoms with E-state index < -0.39 is 138 Å². The molecule has 0 spiro atoms. The number of aliphatic carboxylic acids is 1. The number of nitrogens with two attached hydrogens (primary N) is 2. The predicted molar refractivity (Wildman–Crippen MR) is 306 cm³/mol. The highest BCUT2D eigenvalue weighted by atomic mass is 16.4. The Morgan fingerprint density at radius 2 is 1.19 bits per heavy atom. The minimum Gasteiger partial charge on any atom is -0.508 e. The first-order valence-corrected chi connectivity index (χ1v) is 28.6. The number of carbonyl (C=O) groups is 11. The molecule has 0 radical (unpaired) electrons. The van der Waals surface area contributed by atoms with Crippen molar-refractivity contribution in [2.24, 2.45) is 29.2 Å². The van der Waals surface area contributed by atoms with Crippen LogP contribution in [-0.2, 0) is 72.0 Å². The van der Waals surface area contributed by atoms with Gasteiger partial charge in [-0.15, -0.1) is 0 Å². The molecule has 1 aromatic heterocycles. The number of rotatable bonds is 30. The third-order valence-corrected chi connectivity index (χ3v) is 15.0. The summed E-state index contributed by atoms with van der Waals surface area (Å²) in [5, 5.41) is 38.2. The van der Waals surface area contributed by atoms with Crippen LogP contribution in [0.3, 0.4) is 0 Å². The van der Waals surface area contributed by atoms with Gasteiger partial charge in [0.2, 0.25) is 59.1 Å². The molecule has 0 unspecified atom stereocenters. The number of carbonyl (C=O) groups excluding carboxylic acids is 10. The van der Waals surface area contributed by atoms with Gasteiger partial charge in [-0.25, -0.2) is 9.78 Å². The number of hydrogen-bond donors (Lipinski definition) is 12. The minimum absolute atomic E-state index is 0.0465. The third kappa shape index (κ3) is 19.1. The Hall–Kier alpha value is -8.42.